The van der Waals surface area contributed by atoms with Crippen molar-refractivity contribution in [3.63, 3.8) is 0 Å². The Morgan fingerprint density at radius 3 is 2.86 bits per heavy atom. The summed E-state index contributed by atoms with van der Waals surface area (Å²) in [5.74, 6) is 0.303. The van der Waals surface area contributed by atoms with Gasteiger partial charge in [-0.1, -0.05) is 6.07 Å². The van der Waals surface area contributed by atoms with Crippen LogP contribution in [0.3, 0.4) is 0 Å². The number of nitrogens with two attached hydrogens (primary N) is 2. The molecule has 0 saturated heterocycles. The van der Waals surface area contributed by atoms with E-state index in [0.717, 1.165) is 11.3 Å². The number of carbonyl (C=O) groups excluding carboxylic acids is 1. The molecule has 0 fully saturated rings. The van der Waals surface area contributed by atoms with Crippen molar-refractivity contribution >= 4 is 11.7 Å². The zero-order valence-corrected chi connectivity index (χ0v) is 8.08. The molecule has 0 saturated carbocycles. The monoisotopic (exact) mass is 194 g/mol. The lowest BCUT2D eigenvalue weighted by atomic mass is 10.2. The van der Waals surface area contributed by atoms with Crippen LogP contribution in [0.2, 0.25) is 0 Å². The number of aromatic nitrogens is 1. The molecule has 0 bridgehead atoms. The molecule has 0 aliphatic heterocycles. The summed E-state index contributed by atoms with van der Waals surface area (Å²) in [6.07, 6.45) is 0. The Kier molecular flexibility index (Phi) is 3.41. The minimum atomic E-state index is -0.179. The molecule has 1 amide bonds. The van der Waals surface area contributed by atoms with Gasteiger partial charge in [-0.2, -0.15) is 0 Å². The predicted octanol–water partition coefficient (Wildman–Crippen LogP) is -0.453. The fraction of sp³-hybridized carbons (Fsp3) is 0.333. The van der Waals surface area contributed by atoms with Crippen molar-refractivity contribution in [3.8, 4) is 0 Å². The van der Waals surface area contributed by atoms with Gasteiger partial charge in [-0.05, 0) is 18.6 Å². The van der Waals surface area contributed by atoms with Gasteiger partial charge < -0.3 is 16.8 Å². The van der Waals surface area contributed by atoms with Gasteiger partial charge in [0.05, 0.1) is 6.54 Å². The maximum absolute atomic E-state index is 10.9. The SMILES string of the molecule is Cc1nc(N)ccc1CNC(=O)CN. The molecule has 0 aliphatic carbocycles. The number of carbonyl (C=O) groups is 1. The second-order valence-electron chi connectivity index (χ2n) is 2.96. The van der Waals surface area contributed by atoms with E-state index in [9.17, 15) is 4.79 Å². The summed E-state index contributed by atoms with van der Waals surface area (Å²) in [7, 11) is 0. The van der Waals surface area contributed by atoms with Crippen LogP contribution in [0.25, 0.3) is 0 Å². The van der Waals surface area contributed by atoms with Crippen molar-refractivity contribution in [2.75, 3.05) is 12.3 Å². The average Bonchev–Trinajstić information content (AvgIpc) is 2.16. The molecule has 1 heterocycles. The van der Waals surface area contributed by atoms with Crippen LogP contribution in [0.1, 0.15) is 11.3 Å². The Balaban J connectivity index is 2.63. The third-order valence-electron chi connectivity index (χ3n) is 1.88. The fourth-order valence-corrected chi connectivity index (χ4v) is 1.06. The van der Waals surface area contributed by atoms with E-state index in [2.05, 4.69) is 10.3 Å². The van der Waals surface area contributed by atoms with E-state index in [1.54, 1.807) is 6.07 Å². The van der Waals surface area contributed by atoms with E-state index in [4.69, 9.17) is 11.5 Å². The van der Waals surface area contributed by atoms with Gasteiger partial charge in [0, 0.05) is 12.2 Å². The molecule has 1 aromatic heterocycles. The first-order valence-corrected chi connectivity index (χ1v) is 4.32. The third-order valence-corrected chi connectivity index (χ3v) is 1.88. The summed E-state index contributed by atoms with van der Waals surface area (Å²) >= 11 is 0. The minimum absolute atomic E-state index is 0.00144. The van der Waals surface area contributed by atoms with Crippen LogP contribution >= 0.6 is 0 Å². The predicted molar refractivity (Wildman–Crippen MR) is 54.3 cm³/mol. The first-order valence-electron chi connectivity index (χ1n) is 4.32. The molecule has 0 radical (unpaired) electrons. The fourth-order valence-electron chi connectivity index (χ4n) is 1.06. The summed E-state index contributed by atoms with van der Waals surface area (Å²) in [4.78, 5) is 15.0. The Labute approximate surface area is 82.5 Å². The van der Waals surface area contributed by atoms with Crippen molar-refractivity contribution in [2.45, 2.75) is 13.5 Å². The smallest absolute Gasteiger partial charge is 0.234 e. The highest BCUT2D eigenvalue weighted by Crippen LogP contribution is 2.07. The quantitative estimate of drug-likeness (QED) is 0.607. The van der Waals surface area contributed by atoms with E-state index >= 15 is 0 Å². The van der Waals surface area contributed by atoms with Gasteiger partial charge in [0.15, 0.2) is 0 Å². The highest BCUT2D eigenvalue weighted by molar-refractivity contribution is 5.77. The van der Waals surface area contributed by atoms with Gasteiger partial charge in [-0.15, -0.1) is 0 Å². The van der Waals surface area contributed by atoms with Crippen molar-refractivity contribution in [1.82, 2.24) is 10.3 Å². The molecule has 14 heavy (non-hydrogen) atoms. The van der Waals surface area contributed by atoms with Crippen LogP contribution in [-0.4, -0.2) is 17.4 Å². The van der Waals surface area contributed by atoms with Crippen molar-refractivity contribution < 1.29 is 4.79 Å². The molecular formula is C9H14N4O. The molecule has 0 spiro atoms. The molecule has 76 valence electrons. The first kappa shape index (κ1) is 10.5. The van der Waals surface area contributed by atoms with Crippen LogP contribution in [0.15, 0.2) is 12.1 Å². The summed E-state index contributed by atoms with van der Waals surface area (Å²) in [5, 5.41) is 2.66. The van der Waals surface area contributed by atoms with Crippen LogP contribution in [0, 0.1) is 6.92 Å². The molecule has 0 atom stereocenters. The van der Waals surface area contributed by atoms with Crippen LogP contribution < -0.4 is 16.8 Å². The Bertz CT molecular complexity index is 338. The maximum Gasteiger partial charge on any atom is 0.234 e. The number of pyridine rings is 1. The normalized spacial score (nSPS) is 9.86. The lowest BCUT2D eigenvalue weighted by Gasteiger charge is -2.06. The standard InChI is InChI=1S/C9H14N4O/c1-6-7(2-3-8(11)13-6)5-12-9(14)4-10/h2-3H,4-5,10H2,1H3,(H2,11,13)(H,12,14). The van der Waals surface area contributed by atoms with E-state index < -0.39 is 0 Å². The van der Waals surface area contributed by atoms with Crippen molar-refractivity contribution in [2.24, 2.45) is 5.73 Å². The number of anilines is 1. The maximum atomic E-state index is 10.9. The van der Waals surface area contributed by atoms with Gasteiger partial charge >= 0.3 is 0 Å². The summed E-state index contributed by atoms with van der Waals surface area (Å²) in [6.45, 7) is 2.29. The Morgan fingerprint density at radius 1 is 1.57 bits per heavy atom. The highest BCUT2D eigenvalue weighted by atomic mass is 16.1. The lowest BCUT2D eigenvalue weighted by molar-refractivity contribution is -0.119. The molecule has 5 heteroatoms. The van der Waals surface area contributed by atoms with Crippen molar-refractivity contribution in [3.05, 3.63) is 23.4 Å². The average molecular weight is 194 g/mol. The van der Waals surface area contributed by atoms with E-state index in [0.29, 0.717) is 12.4 Å². The highest BCUT2D eigenvalue weighted by Gasteiger charge is 2.01. The summed E-state index contributed by atoms with van der Waals surface area (Å²) < 4.78 is 0. The van der Waals surface area contributed by atoms with E-state index in [1.165, 1.54) is 0 Å². The number of nitrogens with one attached hydrogen (secondary N) is 1. The van der Waals surface area contributed by atoms with Gasteiger partial charge in [-0.25, -0.2) is 4.98 Å². The molecule has 5 nitrogen and oxygen atoms in total. The van der Waals surface area contributed by atoms with Gasteiger partial charge in [0.2, 0.25) is 5.91 Å². The number of amides is 1. The number of hydrogen-bond acceptors (Lipinski definition) is 4. The summed E-state index contributed by atoms with van der Waals surface area (Å²) in [5.41, 5.74) is 12.4. The van der Waals surface area contributed by atoms with Gasteiger partial charge in [0.1, 0.15) is 5.82 Å². The molecular weight excluding hydrogens is 180 g/mol. The first-order chi connectivity index (χ1) is 6.63. The lowest BCUT2D eigenvalue weighted by Crippen LogP contribution is -2.30. The number of rotatable bonds is 3. The largest absolute Gasteiger partial charge is 0.384 e. The van der Waals surface area contributed by atoms with Crippen molar-refractivity contribution in [1.29, 1.82) is 0 Å². The summed E-state index contributed by atoms with van der Waals surface area (Å²) in [6, 6.07) is 3.55. The zero-order chi connectivity index (χ0) is 10.6. The molecule has 1 aromatic rings. The minimum Gasteiger partial charge on any atom is -0.384 e. The molecule has 1 rings (SSSR count). The topological polar surface area (TPSA) is 94.0 Å². The molecule has 0 aromatic carbocycles. The second-order valence-corrected chi connectivity index (χ2v) is 2.96. The Hall–Kier alpha value is -1.62. The van der Waals surface area contributed by atoms with E-state index in [-0.39, 0.29) is 12.5 Å². The number of nitrogens with zero attached hydrogens (tertiary/aromatic N) is 1. The van der Waals surface area contributed by atoms with E-state index in [1.807, 2.05) is 13.0 Å². The number of aryl methyl sites for hydroxylation is 1. The zero-order valence-electron chi connectivity index (χ0n) is 8.08. The van der Waals surface area contributed by atoms with Crippen LogP contribution in [-0.2, 0) is 11.3 Å². The van der Waals surface area contributed by atoms with Crippen LogP contribution in [0.4, 0.5) is 5.82 Å². The number of hydrogen-bond donors (Lipinski definition) is 3. The van der Waals surface area contributed by atoms with Gasteiger partial charge in [0.25, 0.3) is 0 Å². The molecule has 0 aliphatic rings. The molecule has 0 unspecified atom stereocenters. The Morgan fingerprint density at radius 2 is 2.29 bits per heavy atom. The molecule has 5 N–H and O–H groups in total. The second kappa shape index (κ2) is 4.57. The van der Waals surface area contributed by atoms with Gasteiger partial charge in [-0.3, -0.25) is 4.79 Å². The van der Waals surface area contributed by atoms with Crippen LogP contribution in [0.5, 0.6) is 0 Å². The number of nitrogen functional groups attached to an aromatic ring is 1. The third kappa shape index (κ3) is 2.70.